The molecule has 0 unspecified atom stereocenters. The predicted octanol–water partition coefficient (Wildman–Crippen LogP) is 0.794. The fourth-order valence-electron chi connectivity index (χ4n) is 2.27. The lowest BCUT2D eigenvalue weighted by molar-refractivity contribution is 0.0845. The summed E-state index contributed by atoms with van der Waals surface area (Å²) < 4.78 is 5.33. The summed E-state index contributed by atoms with van der Waals surface area (Å²) in [5, 5.41) is 0.472. The van der Waals surface area contributed by atoms with Gasteiger partial charge in [0.25, 0.3) is 5.56 Å². The summed E-state index contributed by atoms with van der Waals surface area (Å²) in [6, 6.07) is 3.66. The minimum atomic E-state index is -0.247. The van der Waals surface area contributed by atoms with Crippen molar-refractivity contribution in [3.8, 4) is 0 Å². The number of ether oxygens (including phenoxy) is 1. The van der Waals surface area contributed by atoms with E-state index in [-0.39, 0.29) is 11.5 Å². The van der Waals surface area contributed by atoms with Crippen LogP contribution in [0.1, 0.15) is 24.5 Å². The molecule has 6 heteroatoms. The van der Waals surface area contributed by atoms with E-state index in [4.69, 9.17) is 10.5 Å². The highest BCUT2D eigenvalue weighted by molar-refractivity contribution is 5.74. The molecule has 0 radical (unpaired) electrons. The van der Waals surface area contributed by atoms with Gasteiger partial charge in [0.15, 0.2) is 5.65 Å². The van der Waals surface area contributed by atoms with Crippen molar-refractivity contribution in [2.75, 3.05) is 18.9 Å². The summed E-state index contributed by atoms with van der Waals surface area (Å²) in [5.74, 6) is 0.481. The van der Waals surface area contributed by atoms with Gasteiger partial charge in [-0.2, -0.15) is 4.98 Å². The van der Waals surface area contributed by atoms with Gasteiger partial charge < -0.3 is 10.5 Å². The van der Waals surface area contributed by atoms with Gasteiger partial charge in [0.1, 0.15) is 0 Å². The lowest BCUT2D eigenvalue weighted by Gasteiger charge is -2.21. The summed E-state index contributed by atoms with van der Waals surface area (Å²) in [4.78, 5) is 22.6. The molecule has 3 rings (SSSR count). The van der Waals surface area contributed by atoms with Crippen LogP contribution in [0.25, 0.3) is 11.0 Å². The molecule has 3 heterocycles. The molecule has 0 saturated carbocycles. The predicted molar refractivity (Wildman–Crippen MR) is 67.4 cm³/mol. The van der Waals surface area contributed by atoms with Gasteiger partial charge in [0.05, 0.1) is 5.39 Å². The molecule has 0 atom stereocenters. The molecule has 1 aliphatic rings. The average molecular weight is 246 g/mol. The molecular formula is C12H14N4O2. The summed E-state index contributed by atoms with van der Waals surface area (Å²) >= 11 is 0. The minimum absolute atomic E-state index is 0.101. The van der Waals surface area contributed by atoms with Crippen LogP contribution in [0.4, 0.5) is 5.95 Å². The Labute approximate surface area is 103 Å². The molecule has 0 amide bonds. The van der Waals surface area contributed by atoms with E-state index in [2.05, 4.69) is 15.0 Å². The molecular weight excluding hydrogens is 232 g/mol. The summed E-state index contributed by atoms with van der Waals surface area (Å²) in [7, 11) is 0. The number of rotatable bonds is 1. The van der Waals surface area contributed by atoms with Gasteiger partial charge in [-0.25, -0.2) is 4.98 Å². The molecule has 0 spiro atoms. The first-order valence-corrected chi connectivity index (χ1v) is 5.98. The summed E-state index contributed by atoms with van der Waals surface area (Å²) in [6.07, 6.45) is 1.91. The Bertz CT molecular complexity index is 632. The number of hydrogen-bond acceptors (Lipinski definition) is 5. The standard InChI is InChI=1S/C12H14N4O2/c13-12-15-10-8(11(17)16-12)1-2-9(14-10)7-3-5-18-6-4-7/h1-2,7H,3-6H2,(H3,13,14,15,16,17). The fourth-order valence-corrected chi connectivity index (χ4v) is 2.27. The maximum Gasteiger partial charge on any atom is 0.261 e. The number of fused-ring (bicyclic) bond motifs is 1. The Kier molecular flexibility index (Phi) is 2.71. The van der Waals surface area contributed by atoms with Crippen molar-refractivity contribution in [1.82, 2.24) is 15.0 Å². The third-order valence-electron chi connectivity index (χ3n) is 3.25. The van der Waals surface area contributed by atoms with E-state index in [0.29, 0.717) is 17.0 Å². The van der Waals surface area contributed by atoms with Crippen LogP contribution in [-0.4, -0.2) is 28.2 Å². The summed E-state index contributed by atoms with van der Waals surface area (Å²) in [6.45, 7) is 1.52. The number of anilines is 1. The third-order valence-corrected chi connectivity index (χ3v) is 3.25. The van der Waals surface area contributed by atoms with Crippen LogP contribution in [0.2, 0.25) is 0 Å². The number of H-pyrrole nitrogens is 1. The lowest BCUT2D eigenvalue weighted by atomic mass is 9.96. The number of nitrogens with zero attached hydrogens (tertiary/aromatic N) is 2. The number of nitrogens with two attached hydrogens (primary N) is 1. The number of aromatic nitrogens is 3. The Hall–Kier alpha value is -1.95. The zero-order valence-electron chi connectivity index (χ0n) is 9.85. The highest BCUT2D eigenvalue weighted by Gasteiger charge is 2.18. The lowest BCUT2D eigenvalue weighted by Crippen LogP contribution is -2.16. The van der Waals surface area contributed by atoms with Gasteiger partial charge in [0.2, 0.25) is 5.95 Å². The van der Waals surface area contributed by atoms with Gasteiger partial charge in [-0.05, 0) is 25.0 Å². The molecule has 1 aliphatic heterocycles. The average Bonchev–Trinajstić information content (AvgIpc) is 2.39. The molecule has 94 valence electrons. The van der Waals surface area contributed by atoms with Crippen LogP contribution in [0, 0.1) is 0 Å². The number of aromatic amines is 1. The number of hydrogen-bond donors (Lipinski definition) is 2. The molecule has 0 aromatic carbocycles. The van der Waals surface area contributed by atoms with Crippen LogP contribution >= 0.6 is 0 Å². The van der Waals surface area contributed by atoms with Gasteiger partial charge in [-0.3, -0.25) is 9.78 Å². The molecule has 3 N–H and O–H groups in total. The van der Waals surface area contributed by atoms with Crippen LogP contribution in [0.5, 0.6) is 0 Å². The highest BCUT2D eigenvalue weighted by Crippen LogP contribution is 2.25. The molecule has 0 bridgehead atoms. The summed E-state index contributed by atoms with van der Waals surface area (Å²) in [5.41, 5.74) is 6.66. The minimum Gasteiger partial charge on any atom is -0.381 e. The molecule has 6 nitrogen and oxygen atoms in total. The molecule has 0 aliphatic carbocycles. The SMILES string of the molecule is Nc1nc2nc(C3CCOCC3)ccc2c(=O)[nH]1. The van der Waals surface area contributed by atoms with Crippen LogP contribution in [0.3, 0.4) is 0 Å². The Balaban J connectivity index is 2.07. The number of pyridine rings is 1. The second kappa shape index (κ2) is 4.38. The zero-order chi connectivity index (χ0) is 12.5. The number of nitrogen functional groups attached to an aromatic ring is 1. The van der Waals surface area contributed by atoms with E-state index in [9.17, 15) is 4.79 Å². The molecule has 2 aromatic rings. The van der Waals surface area contributed by atoms with Crippen LogP contribution in [0.15, 0.2) is 16.9 Å². The quantitative estimate of drug-likeness (QED) is 0.776. The zero-order valence-corrected chi connectivity index (χ0v) is 9.85. The van der Waals surface area contributed by atoms with Crippen LogP contribution in [-0.2, 0) is 4.74 Å². The molecule has 2 aromatic heterocycles. The topological polar surface area (TPSA) is 93.9 Å². The van der Waals surface area contributed by atoms with E-state index in [1.165, 1.54) is 0 Å². The van der Waals surface area contributed by atoms with E-state index in [0.717, 1.165) is 31.7 Å². The third kappa shape index (κ3) is 1.95. The second-order valence-corrected chi connectivity index (χ2v) is 4.45. The van der Waals surface area contributed by atoms with E-state index in [1.54, 1.807) is 6.07 Å². The van der Waals surface area contributed by atoms with Gasteiger partial charge in [-0.15, -0.1) is 0 Å². The molecule has 18 heavy (non-hydrogen) atoms. The monoisotopic (exact) mass is 246 g/mol. The van der Waals surface area contributed by atoms with E-state index < -0.39 is 0 Å². The Morgan fingerprint density at radius 1 is 1.28 bits per heavy atom. The maximum absolute atomic E-state index is 11.7. The van der Waals surface area contributed by atoms with Crippen molar-refractivity contribution in [3.63, 3.8) is 0 Å². The van der Waals surface area contributed by atoms with Gasteiger partial charge >= 0.3 is 0 Å². The van der Waals surface area contributed by atoms with Crippen LogP contribution < -0.4 is 11.3 Å². The van der Waals surface area contributed by atoms with E-state index in [1.807, 2.05) is 6.07 Å². The second-order valence-electron chi connectivity index (χ2n) is 4.45. The van der Waals surface area contributed by atoms with Crippen molar-refractivity contribution in [3.05, 3.63) is 28.2 Å². The van der Waals surface area contributed by atoms with Gasteiger partial charge in [-0.1, -0.05) is 0 Å². The normalized spacial score (nSPS) is 17.1. The number of nitrogens with one attached hydrogen (secondary N) is 1. The Morgan fingerprint density at radius 3 is 2.83 bits per heavy atom. The Morgan fingerprint density at radius 2 is 2.06 bits per heavy atom. The fraction of sp³-hybridized carbons (Fsp3) is 0.417. The first-order valence-electron chi connectivity index (χ1n) is 5.98. The van der Waals surface area contributed by atoms with E-state index >= 15 is 0 Å². The van der Waals surface area contributed by atoms with Crippen molar-refractivity contribution >= 4 is 17.0 Å². The maximum atomic E-state index is 11.7. The first-order chi connectivity index (χ1) is 8.74. The molecule has 1 fully saturated rings. The van der Waals surface area contributed by atoms with Crippen molar-refractivity contribution < 1.29 is 4.74 Å². The van der Waals surface area contributed by atoms with Crippen molar-refractivity contribution in [1.29, 1.82) is 0 Å². The van der Waals surface area contributed by atoms with Gasteiger partial charge in [0, 0.05) is 24.8 Å². The largest absolute Gasteiger partial charge is 0.381 e. The highest BCUT2D eigenvalue weighted by atomic mass is 16.5. The smallest absolute Gasteiger partial charge is 0.261 e. The van der Waals surface area contributed by atoms with Crippen molar-refractivity contribution in [2.24, 2.45) is 0 Å². The molecule has 1 saturated heterocycles. The van der Waals surface area contributed by atoms with Crippen molar-refractivity contribution in [2.45, 2.75) is 18.8 Å². The first kappa shape index (κ1) is 11.2.